The second-order valence-corrected chi connectivity index (χ2v) is 11.5. The molecule has 1 N–H and O–H groups in total. The Morgan fingerprint density at radius 3 is 2.66 bits per heavy atom. The van der Waals surface area contributed by atoms with Crippen LogP contribution in [0.1, 0.15) is 57.4 Å². The molecule has 190 valence electrons. The van der Waals surface area contributed by atoms with Crippen LogP contribution in [0.3, 0.4) is 0 Å². The third-order valence-corrected chi connectivity index (χ3v) is 8.61. The lowest BCUT2D eigenvalue weighted by atomic mass is 9.72. The van der Waals surface area contributed by atoms with E-state index in [1.807, 2.05) is 13.8 Å². The van der Waals surface area contributed by atoms with Crippen LogP contribution in [0.2, 0.25) is 0 Å². The third kappa shape index (κ3) is 4.54. The molecule has 6 rings (SSSR count). The molecule has 1 aliphatic carbocycles. The number of likely N-dealkylation sites (tertiary alicyclic amines) is 1. The van der Waals surface area contributed by atoms with E-state index >= 15 is 0 Å². The minimum atomic E-state index is -0.675. The van der Waals surface area contributed by atoms with Crippen LogP contribution in [-0.4, -0.2) is 76.3 Å². The van der Waals surface area contributed by atoms with Crippen molar-refractivity contribution in [2.45, 2.75) is 75.2 Å². The Morgan fingerprint density at radius 1 is 1.20 bits per heavy atom. The number of hydrogen-bond acceptors (Lipinski definition) is 8. The van der Waals surface area contributed by atoms with Crippen LogP contribution in [0.5, 0.6) is 5.75 Å². The first-order chi connectivity index (χ1) is 16.8. The molecule has 35 heavy (non-hydrogen) atoms. The largest absolute Gasteiger partial charge is 0.490 e. The SMILES string of the molecule is CC(C)(O)[C@H]1C[C@@H](Oc2ccc(F)cc2C2CCN([C@@H]3COC4(C3)CN(c3nnco3)C4)CC2)C1. The molecule has 1 spiro atoms. The molecule has 8 nitrogen and oxygen atoms in total. The molecular weight excluding hydrogens is 451 g/mol. The fraction of sp³-hybridized carbons (Fsp3) is 0.692. The van der Waals surface area contributed by atoms with Gasteiger partial charge < -0.3 is 23.9 Å². The fourth-order valence-electron chi connectivity index (χ4n) is 6.30. The standard InChI is InChI=1S/C26H35FN4O4/c1-25(2,32)18-9-21(10-18)35-23-4-3-19(27)11-22(23)17-5-7-30(8-6-17)20-12-26(34-13-20)14-31(15-26)24-29-28-16-33-24/h3-4,11,16-18,20-21,32H,5-10,12-15H2,1-2H3/t18-,20-,21+/m0/s1. The topological polar surface area (TPSA) is 84.1 Å². The van der Waals surface area contributed by atoms with E-state index in [1.165, 1.54) is 12.5 Å². The third-order valence-electron chi connectivity index (χ3n) is 8.61. The fourth-order valence-corrected chi connectivity index (χ4v) is 6.30. The van der Waals surface area contributed by atoms with Gasteiger partial charge in [-0.25, -0.2) is 4.39 Å². The molecule has 2 aromatic rings. The first-order valence-electron chi connectivity index (χ1n) is 12.9. The van der Waals surface area contributed by atoms with E-state index in [4.69, 9.17) is 13.9 Å². The van der Waals surface area contributed by atoms with Gasteiger partial charge in [0.1, 0.15) is 17.2 Å². The molecule has 0 bridgehead atoms. The zero-order valence-electron chi connectivity index (χ0n) is 20.5. The van der Waals surface area contributed by atoms with Crippen LogP contribution in [0.25, 0.3) is 0 Å². The summed E-state index contributed by atoms with van der Waals surface area (Å²) < 4.78 is 32.1. The lowest BCUT2D eigenvalue weighted by Crippen LogP contribution is -2.62. The first-order valence-corrected chi connectivity index (χ1v) is 12.9. The Kier molecular flexibility index (Phi) is 5.77. The molecular formula is C26H35FN4O4. The number of benzene rings is 1. The Hall–Kier alpha value is -2.23. The molecule has 9 heteroatoms. The van der Waals surface area contributed by atoms with E-state index in [0.717, 1.165) is 76.2 Å². The van der Waals surface area contributed by atoms with Gasteiger partial charge in [0.15, 0.2) is 0 Å². The number of ether oxygens (including phenoxy) is 2. The van der Waals surface area contributed by atoms with Gasteiger partial charge in [0.2, 0.25) is 6.39 Å². The van der Waals surface area contributed by atoms with Gasteiger partial charge in [-0.2, -0.15) is 0 Å². The number of rotatable bonds is 6. The van der Waals surface area contributed by atoms with Crippen molar-refractivity contribution in [1.29, 1.82) is 0 Å². The quantitative estimate of drug-likeness (QED) is 0.666. The molecule has 4 aliphatic rings. The number of anilines is 1. The van der Waals surface area contributed by atoms with Gasteiger partial charge in [-0.3, -0.25) is 4.90 Å². The molecule has 0 amide bonds. The Bertz CT molecular complexity index is 1020. The van der Waals surface area contributed by atoms with Crippen molar-refractivity contribution >= 4 is 6.01 Å². The zero-order valence-corrected chi connectivity index (χ0v) is 20.5. The number of aromatic nitrogens is 2. The van der Waals surface area contributed by atoms with E-state index < -0.39 is 5.60 Å². The number of hydrogen-bond donors (Lipinski definition) is 1. The van der Waals surface area contributed by atoms with Crippen LogP contribution in [0, 0.1) is 11.7 Å². The maximum Gasteiger partial charge on any atom is 0.318 e. The van der Waals surface area contributed by atoms with Gasteiger partial charge in [-0.1, -0.05) is 5.10 Å². The van der Waals surface area contributed by atoms with Gasteiger partial charge in [-0.15, -0.1) is 5.10 Å². The van der Waals surface area contributed by atoms with Crippen molar-refractivity contribution in [3.05, 3.63) is 36.0 Å². The van der Waals surface area contributed by atoms with Crippen molar-refractivity contribution in [1.82, 2.24) is 15.1 Å². The first kappa shape index (κ1) is 23.2. The minimum absolute atomic E-state index is 0.0942. The molecule has 0 radical (unpaired) electrons. The maximum absolute atomic E-state index is 14.2. The van der Waals surface area contributed by atoms with Crippen molar-refractivity contribution in [3.8, 4) is 5.75 Å². The van der Waals surface area contributed by atoms with Crippen LogP contribution in [0.15, 0.2) is 29.0 Å². The Labute approximate surface area is 205 Å². The number of aliphatic hydroxyl groups is 1. The summed E-state index contributed by atoms with van der Waals surface area (Å²) in [6.45, 7) is 8.00. The van der Waals surface area contributed by atoms with Crippen molar-refractivity contribution in [3.63, 3.8) is 0 Å². The number of piperidine rings is 1. The lowest BCUT2D eigenvalue weighted by Gasteiger charge is -2.46. The predicted octanol–water partition coefficient (Wildman–Crippen LogP) is 3.36. The summed E-state index contributed by atoms with van der Waals surface area (Å²) >= 11 is 0. The van der Waals surface area contributed by atoms with E-state index in [0.29, 0.717) is 12.1 Å². The Balaban J connectivity index is 1.03. The summed E-state index contributed by atoms with van der Waals surface area (Å²) in [5.41, 5.74) is 0.208. The van der Waals surface area contributed by atoms with Gasteiger partial charge in [0.05, 0.1) is 31.4 Å². The van der Waals surface area contributed by atoms with Crippen molar-refractivity contribution in [2.75, 3.05) is 37.7 Å². The molecule has 1 aromatic carbocycles. The second-order valence-electron chi connectivity index (χ2n) is 11.5. The monoisotopic (exact) mass is 486 g/mol. The van der Waals surface area contributed by atoms with Crippen LogP contribution < -0.4 is 9.64 Å². The molecule has 0 unspecified atom stereocenters. The van der Waals surface area contributed by atoms with Gasteiger partial charge >= 0.3 is 6.01 Å². The highest BCUT2D eigenvalue weighted by Gasteiger charge is 2.52. The van der Waals surface area contributed by atoms with Crippen molar-refractivity contribution < 1.29 is 23.4 Å². The van der Waals surface area contributed by atoms with E-state index in [-0.39, 0.29) is 29.4 Å². The predicted molar refractivity (Wildman–Crippen MR) is 127 cm³/mol. The van der Waals surface area contributed by atoms with E-state index in [2.05, 4.69) is 20.0 Å². The van der Waals surface area contributed by atoms with Gasteiger partial charge in [0.25, 0.3) is 0 Å². The summed E-state index contributed by atoms with van der Waals surface area (Å²) in [7, 11) is 0. The number of halogens is 1. The molecule has 3 saturated heterocycles. The highest BCUT2D eigenvalue weighted by molar-refractivity contribution is 5.38. The molecule has 3 aliphatic heterocycles. The summed E-state index contributed by atoms with van der Waals surface area (Å²) in [6, 6.07) is 5.92. The molecule has 1 aromatic heterocycles. The Morgan fingerprint density at radius 2 is 1.97 bits per heavy atom. The van der Waals surface area contributed by atoms with Crippen LogP contribution in [0.4, 0.5) is 10.4 Å². The summed E-state index contributed by atoms with van der Waals surface area (Å²) in [5.74, 6) is 1.14. The van der Waals surface area contributed by atoms with Gasteiger partial charge in [-0.05, 0) is 89.1 Å². The number of nitrogens with zero attached hydrogens (tertiary/aromatic N) is 4. The second kappa shape index (κ2) is 8.71. The molecule has 1 saturated carbocycles. The maximum atomic E-state index is 14.2. The normalized spacial score (nSPS) is 29.3. The highest BCUT2D eigenvalue weighted by atomic mass is 19.1. The van der Waals surface area contributed by atoms with E-state index in [1.54, 1.807) is 12.1 Å². The minimum Gasteiger partial charge on any atom is -0.490 e. The highest BCUT2D eigenvalue weighted by Crippen LogP contribution is 2.43. The molecule has 4 fully saturated rings. The van der Waals surface area contributed by atoms with E-state index in [9.17, 15) is 9.50 Å². The van der Waals surface area contributed by atoms with Crippen LogP contribution in [-0.2, 0) is 4.74 Å². The zero-order chi connectivity index (χ0) is 24.2. The summed E-state index contributed by atoms with van der Waals surface area (Å²) in [6.07, 6.45) is 6.11. The van der Waals surface area contributed by atoms with Crippen LogP contribution >= 0.6 is 0 Å². The average molecular weight is 487 g/mol. The average Bonchev–Trinajstić information content (AvgIpc) is 3.45. The molecule has 4 heterocycles. The van der Waals surface area contributed by atoms with Crippen molar-refractivity contribution in [2.24, 2.45) is 5.92 Å². The smallest absolute Gasteiger partial charge is 0.318 e. The lowest BCUT2D eigenvalue weighted by molar-refractivity contribution is -0.0676. The molecule has 1 atom stereocenters. The summed E-state index contributed by atoms with van der Waals surface area (Å²) in [5, 5.41) is 18.0. The summed E-state index contributed by atoms with van der Waals surface area (Å²) in [4.78, 5) is 4.61. The van der Waals surface area contributed by atoms with Gasteiger partial charge in [0, 0.05) is 11.6 Å².